The highest BCUT2D eigenvalue weighted by Crippen LogP contribution is 2.59. The molecule has 3 aliphatic rings. The molecule has 3 N–H and O–H groups in total. The number of aryl methyl sites for hydroxylation is 1. The van der Waals surface area contributed by atoms with E-state index in [-0.39, 0.29) is 36.6 Å². The number of urea groups is 1. The predicted molar refractivity (Wildman–Crippen MR) is 213 cm³/mol. The van der Waals surface area contributed by atoms with Crippen molar-refractivity contribution in [2.75, 3.05) is 6.54 Å². The number of fused-ring (bicyclic) bond motifs is 8. The average molecular weight is 789 g/mol. The number of nitrogens with zero attached hydrogens (tertiary/aromatic N) is 1. The summed E-state index contributed by atoms with van der Waals surface area (Å²) in [7, 11) is 0. The number of carbonyl (C=O) groups is 2. The van der Waals surface area contributed by atoms with Gasteiger partial charge in [-0.3, -0.25) is 4.79 Å². The molecule has 5 atom stereocenters. The van der Waals surface area contributed by atoms with E-state index in [1.165, 1.54) is 35.6 Å². The number of ether oxygens (including phenoxy) is 1. The zero-order valence-corrected chi connectivity index (χ0v) is 33.2. The largest absolute Gasteiger partial charge is 0.573 e. The number of ketones is 1. The molecule has 11 heteroatoms. The van der Waals surface area contributed by atoms with E-state index in [9.17, 15) is 33.0 Å². The summed E-state index contributed by atoms with van der Waals surface area (Å²) in [5, 5.41) is 27.1. The van der Waals surface area contributed by atoms with Crippen molar-refractivity contribution in [3.8, 4) is 5.75 Å². The summed E-state index contributed by atoms with van der Waals surface area (Å²) in [5.74, 6) is -0.717. The van der Waals surface area contributed by atoms with Gasteiger partial charge in [0, 0.05) is 22.4 Å². The Balaban J connectivity index is 1.39. The Morgan fingerprint density at radius 1 is 1.00 bits per heavy atom. The minimum Gasteiger partial charge on any atom is -0.406 e. The normalized spacial score (nSPS) is 23.4. The van der Waals surface area contributed by atoms with Gasteiger partial charge >= 0.3 is 12.4 Å². The topological polar surface area (TPSA) is 99.1 Å². The molecule has 2 bridgehead atoms. The van der Waals surface area contributed by atoms with Gasteiger partial charge in [-0.1, -0.05) is 73.2 Å². The number of allylic oxidation sites excluding steroid dienone is 2. The Hall–Kier alpha value is -4.45. The second kappa shape index (κ2) is 17.0. The number of benzene rings is 3. The smallest absolute Gasteiger partial charge is 0.406 e. The molecule has 3 aliphatic carbocycles. The summed E-state index contributed by atoms with van der Waals surface area (Å²) >= 11 is 1.44. The van der Waals surface area contributed by atoms with Crippen LogP contribution in [0.25, 0.3) is 0 Å². The second-order valence-corrected chi connectivity index (χ2v) is 17.1. The summed E-state index contributed by atoms with van der Waals surface area (Å²) < 4.78 is 42.9. The van der Waals surface area contributed by atoms with Crippen molar-refractivity contribution >= 4 is 23.2 Å². The first-order chi connectivity index (χ1) is 26.5. The van der Waals surface area contributed by atoms with Crippen molar-refractivity contribution in [2.45, 2.75) is 109 Å². The van der Waals surface area contributed by atoms with Crippen LogP contribution in [0, 0.1) is 12.3 Å². The van der Waals surface area contributed by atoms with Crippen LogP contribution in [0.3, 0.4) is 0 Å². The fourth-order valence-corrected chi connectivity index (χ4v) is 9.34. The summed E-state index contributed by atoms with van der Waals surface area (Å²) in [6.07, 6.45) is 0.571. The van der Waals surface area contributed by atoms with Gasteiger partial charge < -0.3 is 25.2 Å². The van der Waals surface area contributed by atoms with Gasteiger partial charge in [-0.25, -0.2) is 4.79 Å². The van der Waals surface area contributed by atoms with Crippen LogP contribution in [-0.2, 0) is 13.0 Å². The molecule has 4 aromatic rings. The van der Waals surface area contributed by atoms with Crippen molar-refractivity contribution in [3.63, 3.8) is 0 Å². The number of alkyl halides is 3. The van der Waals surface area contributed by atoms with E-state index in [0.717, 1.165) is 27.1 Å². The van der Waals surface area contributed by atoms with Crippen LogP contribution in [-0.4, -0.2) is 51.5 Å². The number of hydrogen-bond acceptors (Lipinski definition) is 6. The summed E-state index contributed by atoms with van der Waals surface area (Å²) in [4.78, 5) is 31.8. The van der Waals surface area contributed by atoms with Crippen molar-refractivity contribution < 1.29 is 37.7 Å². The SMILES string of the molecule is CC1=CCC[C@@]2(C)[C@@H](CC[C@@]2(O)CN(Cc2ccc(OC(F)(F)F)cc2)C(=O)N[C@H](C)c2ccccc2)c2ccc(cc2C(=O)c2ccc(C)s2)C[C@@H](O)CC1. The molecule has 0 saturated heterocycles. The first-order valence-electron chi connectivity index (χ1n) is 19.3. The molecule has 3 aromatic carbocycles. The quantitative estimate of drug-likeness (QED) is 0.116. The van der Waals surface area contributed by atoms with Crippen LogP contribution in [0.2, 0.25) is 0 Å². The van der Waals surface area contributed by atoms with Crippen LogP contribution >= 0.6 is 11.3 Å². The predicted octanol–water partition coefficient (Wildman–Crippen LogP) is 10.2. The molecule has 0 unspecified atom stereocenters. The third-order valence-corrected chi connectivity index (χ3v) is 12.8. The van der Waals surface area contributed by atoms with Crippen LogP contribution in [0.4, 0.5) is 18.0 Å². The van der Waals surface area contributed by atoms with Gasteiger partial charge in [-0.2, -0.15) is 0 Å². The number of amides is 2. The zero-order chi connectivity index (χ0) is 40.3. The number of rotatable bonds is 9. The average Bonchev–Trinajstić information content (AvgIpc) is 3.70. The molecule has 298 valence electrons. The monoisotopic (exact) mass is 788 g/mol. The first kappa shape index (κ1) is 41.2. The Labute approximate surface area is 331 Å². The van der Waals surface area contributed by atoms with Gasteiger partial charge in [0.2, 0.25) is 5.78 Å². The molecule has 0 spiro atoms. The lowest BCUT2D eigenvalue weighted by Crippen LogP contribution is -2.55. The molecule has 0 aliphatic heterocycles. The number of aliphatic hydroxyl groups excluding tert-OH is 1. The fraction of sp³-hybridized carbons (Fsp3) is 0.422. The lowest BCUT2D eigenvalue weighted by Gasteiger charge is -2.46. The maximum absolute atomic E-state index is 14.3. The molecule has 1 fully saturated rings. The Kier molecular flexibility index (Phi) is 12.5. The third kappa shape index (κ3) is 9.56. The highest BCUT2D eigenvalue weighted by atomic mass is 32.1. The summed E-state index contributed by atoms with van der Waals surface area (Å²) in [6, 6.07) is 23.8. The van der Waals surface area contributed by atoms with Crippen LogP contribution in [0.1, 0.15) is 114 Å². The van der Waals surface area contributed by atoms with Gasteiger partial charge in [0.15, 0.2) is 0 Å². The van der Waals surface area contributed by atoms with E-state index in [1.807, 2.05) is 74.5 Å². The highest BCUT2D eigenvalue weighted by Gasteiger charge is 2.57. The molecule has 7 nitrogen and oxygen atoms in total. The van der Waals surface area contributed by atoms with Gasteiger partial charge in [0.05, 0.1) is 29.2 Å². The second-order valence-electron chi connectivity index (χ2n) is 15.8. The van der Waals surface area contributed by atoms with Crippen LogP contribution in [0.5, 0.6) is 5.75 Å². The van der Waals surface area contributed by atoms with E-state index >= 15 is 0 Å². The number of hydrogen-bond donors (Lipinski definition) is 3. The number of nitrogens with one attached hydrogen (secondary N) is 1. The zero-order valence-electron chi connectivity index (χ0n) is 32.4. The molecular formula is C45H51F3N2O5S. The Morgan fingerprint density at radius 2 is 1.73 bits per heavy atom. The summed E-state index contributed by atoms with van der Waals surface area (Å²) in [5.41, 5.74) is 2.64. The number of aliphatic hydroxyl groups is 2. The van der Waals surface area contributed by atoms with E-state index < -0.39 is 29.5 Å². The molecule has 7 rings (SSSR count). The standard InChI is InChI=1S/C45H51F3N2O5S/c1-29-9-8-23-43(4)39(37-20-16-33(25-35(51)17-12-29)26-38(37)41(52)40-21-13-30(2)56-40)22-24-44(43,54)28-50(42(53)49-31(3)34-10-6-5-7-11-34)27-32-14-18-36(19-15-32)55-45(46,47)48/h5-7,9-11,13-16,18-21,26,31,35,39,51,54H,8,12,17,22-25,27-28H2,1-4H3,(H,49,53)/t31-,35+,39+,43+,44-/m1/s1. The fourth-order valence-electron chi connectivity index (χ4n) is 8.52. The van der Waals surface area contributed by atoms with Crippen molar-refractivity contribution in [1.29, 1.82) is 0 Å². The number of thiophene rings is 1. The van der Waals surface area contributed by atoms with Gasteiger partial charge in [-0.05, 0) is 124 Å². The number of halogens is 3. The minimum absolute atomic E-state index is 0.0141. The van der Waals surface area contributed by atoms with E-state index in [4.69, 9.17) is 0 Å². The first-order valence-corrected chi connectivity index (χ1v) is 20.1. The van der Waals surface area contributed by atoms with Gasteiger partial charge in [0.25, 0.3) is 0 Å². The molecule has 56 heavy (non-hydrogen) atoms. The molecule has 1 saturated carbocycles. The van der Waals surface area contributed by atoms with Crippen LogP contribution < -0.4 is 10.1 Å². The minimum atomic E-state index is -4.84. The molecular weight excluding hydrogens is 738 g/mol. The molecule has 1 aromatic heterocycles. The number of carbonyl (C=O) groups excluding carboxylic acids is 2. The van der Waals surface area contributed by atoms with E-state index in [0.29, 0.717) is 60.9 Å². The maximum atomic E-state index is 14.3. The van der Waals surface area contributed by atoms with Gasteiger partial charge in [-0.15, -0.1) is 24.5 Å². The Morgan fingerprint density at radius 3 is 2.41 bits per heavy atom. The van der Waals surface area contributed by atoms with E-state index in [2.05, 4.69) is 30.0 Å². The van der Waals surface area contributed by atoms with E-state index in [1.54, 1.807) is 4.90 Å². The third-order valence-electron chi connectivity index (χ3n) is 11.8. The molecule has 2 amide bonds. The van der Waals surface area contributed by atoms with Gasteiger partial charge in [0.1, 0.15) is 5.75 Å². The lowest BCUT2D eigenvalue weighted by atomic mass is 9.64. The van der Waals surface area contributed by atoms with Crippen molar-refractivity contribution in [3.05, 3.63) is 134 Å². The maximum Gasteiger partial charge on any atom is 0.573 e. The molecule has 1 heterocycles. The lowest BCUT2D eigenvalue weighted by molar-refractivity contribution is -0.274. The van der Waals surface area contributed by atoms with Crippen LogP contribution in [0.15, 0.2) is 96.6 Å². The van der Waals surface area contributed by atoms with Crippen molar-refractivity contribution in [1.82, 2.24) is 10.2 Å². The van der Waals surface area contributed by atoms with Crippen molar-refractivity contribution in [2.24, 2.45) is 5.41 Å². The summed E-state index contributed by atoms with van der Waals surface area (Å²) in [6.45, 7) is 7.91. The highest BCUT2D eigenvalue weighted by molar-refractivity contribution is 7.14. The Bertz CT molecular complexity index is 2030. The molecule has 0 radical (unpaired) electrons.